The number of aromatic amines is 1. The number of aromatic nitrogens is 2. The van der Waals surface area contributed by atoms with Gasteiger partial charge in [-0.3, -0.25) is 4.79 Å². The van der Waals surface area contributed by atoms with Crippen molar-refractivity contribution in [1.82, 2.24) is 15.4 Å². The zero-order valence-corrected chi connectivity index (χ0v) is 16.7. The third kappa shape index (κ3) is 4.59. The van der Waals surface area contributed by atoms with E-state index in [9.17, 15) is 4.79 Å². The van der Waals surface area contributed by atoms with Crippen LogP contribution in [0.25, 0.3) is 11.0 Å². The van der Waals surface area contributed by atoms with E-state index in [1.807, 2.05) is 48.5 Å². The number of nitrogens with zero attached hydrogens (tertiary/aromatic N) is 2. The second-order valence-corrected chi connectivity index (χ2v) is 6.73. The number of fused-ring (bicyclic) bond motifs is 1. The number of H-pyrrole nitrogens is 1. The van der Waals surface area contributed by atoms with Gasteiger partial charge in [-0.25, -0.2) is 10.4 Å². The smallest absolute Gasteiger partial charge is 0.307 e. The maximum Gasteiger partial charge on any atom is 0.307 e. The molecule has 0 aliphatic carbocycles. The van der Waals surface area contributed by atoms with Gasteiger partial charge in [0.05, 0.1) is 24.4 Å². The molecule has 3 aromatic carbocycles. The molecule has 150 valence electrons. The Morgan fingerprint density at radius 2 is 1.70 bits per heavy atom. The highest BCUT2D eigenvalue weighted by Crippen LogP contribution is 2.23. The van der Waals surface area contributed by atoms with Crippen molar-refractivity contribution < 1.29 is 14.3 Å². The van der Waals surface area contributed by atoms with E-state index in [0.717, 1.165) is 11.3 Å². The van der Waals surface area contributed by atoms with E-state index in [4.69, 9.17) is 21.1 Å². The van der Waals surface area contributed by atoms with Gasteiger partial charge in [-0.2, -0.15) is 5.10 Å². The van der Waals surface area contributed by atoms with Gasteiger partial charge in [0.1, 0.15) is 17.2 Å². The van der Waals surface area contributed by atoms with E-state index in [1.54, 1.807) is 25.3 Å². The molecule has 0 bridgehead atoms. The minimum Gasteiger partial charge on any atom is -0.497 e. The Balaban J connectivity index is 1.35. The van der Waals surface area contributed by atoms with Crippen LogP contribution in [0.15, 0.2) is 71.8 Å². The van der Waals surface area contributed by atoms with Crippen LogP contribution >= 0.6 is 11.6 Å². The quantitative estimate of drug-likeness (QED) is 0.347. The van der Waals surface area contributed by atoms with Gasteiger partial charge in [0.2, 0.25) is 0 Å². The molecule has 1 amide bonds. The molecule has 2 N–H and O–H groups in total. The highest BCUT2D eigenvalue weighted by atomic mass is 35.5. The summed E-state index contributed by atoms with van der Waals surface area (Å²) in [6, 6.07) is 19.8. The van der Waals surface area contributed by atoms with Crippen molar-refractivity contribution in [2.75, 3.05) is 7.11 Å². The number of benzene rings is 3. The van der Waals surface area contributed by atoms with Crippen molar-refractivity contribution in [2.45, 2.75) is 0 Å². The Morgan fingerprint density at radius 1 is 1.03 bits per heavy atom. The fourth-order valence-corrected chi connectivity index (χ4v) is 2.88. The first-order chi connectivity index (χ1) is 14.6. The molecule has 1 heterocycles. The number of nitrogens with one attached hydrogen (secondary N) is 2. The monoisotopic (exact) mass is 420 g/mol. The molecule has 0 unspecified atom stereocenters. The topological polar surface area (TPSA) is 88.6 Å². The van der Waals surface area contributed by atoms with Crippen LogP contribution in [0, 0.1) is 0 Å². The van der Waals surface area contributed by atoms with Crippen LogP contribution in [0.4, 0.5) is 0 Å². The van der Waals surface area contributed by atoms with E-state index in [0.29, 0.717) is 27.6 Å². The summed E-state index contributed by atoms with van der Waals surface area (Å²) in [6.07, 6.45) is 1.54. The lowest BCUT2D eigenvalue weighted by molar-refractivity contribution is 0.0946. The van der Waals surface area contributed by atoms with Crippen LogP contribution in [-0.4, -0.2) is 29.2 Å². The summed E-state index contributed by atoms with van der Waals surface area (Å²) in [4.78, 5) is 19.3. The molecule has 0 saturated carbocycles. The molecule has 4 rings (SSSR count). The van der Waals surface area contributed by atoms with E-state index in [-0.39, 0.29) is 5.82 Å². The number of rotatable bonds is 6. The first-order valence-corrected chi connectivity index (χ1v) is 9.39. The number of hydrogen-bond donors (Lipinski definition) is 2. The zero-order valence-electron chi connectivity index (χ0n) is 15.9. The van der Waals surface area contributed by atoms with Crippen LogP contribution in [0.2, 0.25) is 5.02 Å². The predicted octanol–water partition coefficient (Wildman–Crippen LogP) is 4.78. The lowest BCUT2D eigenvalue weighted by Crippen LogP contribution is -2.19. The van der Waals surface area contributed by atoms with Crippen LogP contribution in [-0.2, 0) is 0 Å². The molecule has 0 saturated heterocycles. The summed E-state index contributed by atoms with van der Waals surface area (Å²) in [5.41, 5.74) is 4.59. The molecule has 0 atom stereocenters. The fourth-order valence-electron chi connectivity index (χ4n) is 2.71. The van der Waals surface area contributed by atoms with Gasteiger partial charge in [-0.1, -0.05) is 11.6 Å². The maximum absolute atomic E-state index is 12.2. The minimum absolute atomic E-state index is 0.160. The lowest BCUT2D eigenvalue weighted by Gasteiger charge is -2.06. The summed E-state index contributed by atoms with van der Waals surface area (Å²) in [6.45, 7) is 0. The Morgan fingerprint density at radius 3 is 2.40 bits per heavy atom. The second kappa shape index (κ2) is 8.67. The summed E-state index contributed by atoms with van der Waals surface area (Å²) >= 11 is 5.94. The Kier molecular flexibility index (Phi) is 5.63. The number of carbonyl (C=O) groups excluding carboxylic acids is 1. The summed E-state index contributed by atoms with van der Waals surface area (Å²) < 4.78 is 10.9. The average molecular weight is 421 g/mol. The molecule has 1 aromatic heterocycles. The number of amides is 1. The molecule has 0 aliphatic heterocycles. The second-order valence-electron chi connectivity index (χ2n) is 6.29. The number of ether oxygens (including phenoxy) is 2. The van der Waals surface area contributed by atoms with Crippen molar-refractivity contribution in [3.63, 3.8) is 0 Å². The van der Waals surface area contributed by atoms with Gasteiger partial charge in [-0.15, -0.1) is 0 Å². The van der Waals surface area contributed by atoms with E-state index in [1.165, 1.54) is 6.21 Å². The molecular formula is C22H17ClN4O3. The van der Waals surface area contributed by atoms with Crippen molar-refractivity contribution in [3.8, 4) is 17.2 Å². The van der Waals surface area contributed by atoms with Crippen LogP contribution in [0.5, 0.6) is 17.2 Å². The van der Waals surface area contributed by atoms with Crippen molar-refractivity contribution in [1.29, 1.82) is 0 Å². The molecule has 8 heteroatoms. The number of carbonyl (C=O) groups is 1. The molecule has 30 heavy (non-hydrogen) atoms. The van der Waals surface area contributed by atoms with Gasteiger partial charge in [0.25, 0.3) is 0 Å². The molecule has 4 aromatic rings. The molecule has 0 spiro atoms. The van der Waals surface area contributed by atoms with Gasteiger partial charge in [0, 0.05) is 5.02 Å². The molecular weight excluding hydrogens is 404 g/mol. The normalized spacial score (nSPS) is 11.0. The number of imidazole rings is 1. The highest BCUT2D eigenvalue weighted by Gasteiger charge is 2.10. The summed E-state index contributed by atoms with van der Waals surface area (Å²) in [7, 11) is 1.62. The van der Waals surface area contributed by atoms with Crippen molar-refractivity contribution in [3.05, 3.63) is 83.1 Å². The first-order valence-electron chi connectivity index (χ1n) is 9.01. The minimum atomic E-state index is -0.446. The summed E-state index contributed by atoms with van der Waals surface area (Å²) in [5.74, 6) is 1.87. The van der Waals surface area contributed by atoms with E-state index < -0.39 is 5.91 Å². The number of hydrazone groups is 1. The SMILES string of the molecule is COc1ccc(Oc2ccc(/C=N/NC(=O)c3nc4ccc(Cl)cc4[nH]3)cc2)cc1. The number of hydrogen-bond acceptors (Lipinski definition) is 5. The lowest BCUT2D eigenvalue weighted by atomic mass is 10.2. The van der Waals surface area contributed by atoms with Crippen LogP contribution in [0.1, 0.15) is 16.2 Å². The Labute approximate surface area is 177 Å². The Bertz CT molecular complexity index is 1200. The van der Waals surface area contributed by atoms with E-state index >= 15 is 0 Å². The first kappa shape index (κ1) is 19.5. The van der Waals surface area contributed by atoms with Crippen molar-refractivity contribution in [2.24, 2.45) is 5.10 Å². The molecule has 0 aliphatic rings. The average Bonchev–Trinajstić information content (AvgIpc) is 3.19. The summed E-state index contributed by atoms with van der Waals surface area (Å²) in [5, 5.41) is 4.54. The molecule has 7 nitrogen and oxygen atoms in total. The number of methoxy groups -OCH3 is 1. The van der Waals surface area contributed by atoms with Crippen LogP contribution < -0.4 is 14.9 Å². The molecule has 0 fully saturated rings. The van der Waals surface area contributed by atoms with Gasteiger partial charge >= 0.3 is 5.91 Å². The molecule has 0 radical (unpaired) electrons. The third-order valence-electron chi connectivity index (χ3n) is 4.21. The standard InChI is InChI=1S/C22H17ClN4O3/c1-29-16-7-9-18(10-8-16)30-17-5-2-14(3-6-17)13-24-27-22(28)21-25-19-11-4-15(23)12-20(19)26-21/h2-13H,1H3,(H,25,26)(H,27,28)/b24-13+. The van der Waals surface area contributed by atoms with Gasteiger partial charge in [-0.05, 0) is 72.3 Å². The number of halogens is 1. The fraction of sp³-hybridized carbons (Fsp3) is 0.0455. The predicted molar refractivity (Wildman–Crippen MR) is 116 cm³/mol. The van der Waals surface area contributed by atoms with E-state index in [2.05, 4.69) is 20.5 Å². The maximum atomic E-state index is 12.2. The highest BCUT2D eigenvalue weighted by molar-refractivity contribution is 6.31. The largest absolute Gasteiger partial charge is 0.497 e. The third-order valence-corrected chi connectivity index (χ3v) is 4.45. The van der Waals surface area contributed by atoms with Gasteiger partial charge in [0.15, 0.2) is 5.82 Å². The van der Waals surface area contributed by atoms with Crippen molar-refractivity contribution >= 4 is 34.8 Å². The van der Waals surface area contributed by atoms with Crippen LogP contribution in [0.3, 0.4) is 0 Å². The van der Waals surface area contributed by atoms with Gasteiger partial charge < -0.3 is 14.5 Å². The Hall–Kier alpha value is -3.84. The zero-order chi connectivity index (χ0) is 20.9.